The molecule has 6 nitrogen and oxygen atoms in total. The second-order valence-corrected chi connectivity index (χ2v) is 9.48. The summed E-state index contributed by atoms with van der Waals surface area (Å²) in [6.45, 7) is 3.28. The first-order valence-corrected chi connectivity index (χ1v) is 12.2. The molecule has 0 atom stereocenters. The van der Waals surface area contributed by atoms with E-state index in [2.05, 4.69) is 10.2 Å². The third kappa shape index (κ3) is 6.08. The van der Waals surface area contributed by atoms with Crippen LogP contribution in [0.3, 0.4) is 0 Å². The van der Waals surface area contributed by atoms with E-state index in [0.29, 0.717) is 23.9 Å². The normalized spacial score (nSPS) is 11.5. The SMILES string of the molecule is CCn1c(CS(=O)(=O)c2ccccc2)nnc1SCCCCOc1ccccc1. The Labute approximate surface area is 176 Å². The van der Waals surface area contributed by atoms with Crippen molar-refractivity contribution in [3.8, 4) is 5.75 Å². The first kappa shape index (κ1) is 21.4. The molecular formula is C21H25N3O3S2. The van der Waals surface area contributed by atoms with Gasteiger partial charge >= 0.3 is 0 Å². The van der Waals surface area contributed by atoms with E-state index in [9.17, 15) is 8.42 Å². The second kappa shape index (κ2) is 10.5. The maximum Gasteiger partial charge on any atom is 0.191 e. The highest BCUT2D eigenvalue weighted by Crippen LogP contribution is 2.22. The minimum atomic E-state index is -3.44. The molecule has 2 aromatic carbocycles. The van der Waals surface area contributed by atoms with Crippen molar-refractivity contribution in [1.82, 2.24) is 14.8 Å². The minimum Gasteiger partial charge on any atom is -0.494 e. The van der Waals surface area contributed by atoms with Crippen LogP contribution in [0.2, 0.25) is 0 Å². The molecule has 1 heterocycles. The van der Waals surface area contributed by atoms with Gasteiger partial charge in [0.1, 0.15) is 17.3 Å². The molecule has 8 heteroatoms. The number of sulfone groups is 1. The van der Waals surface area contributed by atoms with Crippen molar-refractivity contribution < 1.29 is 13.2 Å². The molecule has 0 saturated carbocycles. The summed E-state index contributed by atoms with van der Waals surface area (Å²) >= 11 is 1.60. The Morgan fingerprint density at radius 3 is 2.34 bits per heavy atom. The molecule has 154 valence electrons. The van der Waals surface area contributed by atoms with Crippen molar-refractivity contribution >= 4 is 21.6 Å². The smallest absolute Gasteiger partial charge is 0.191 e. The first-order chi connectivity index (χ1) is 14.1. The summed E-state index contributed by atoms with van der Waals surface area (Å²) in [6.07, 6.45) is 1.92. The molecule has 3 rings (SSSR count). The number of nitrogens with zero attached hydrogens (tertiary/aromatic N) is 3. The van der Waals surface area contributed by atoms with Crippen LogP contribution in [-0.2, 0) is 22.1 Å². The number of para-hydroxylation sites is 1. The van der Waals surface area contributed by atoms with Crippen LogP contribution in [0.25, 0.3) is 0 Å². The molecule has 0 fully saturated rings. The number of aromatic nitrogens is 3. The monoisotopic (exact) mass is 431 g/mol. The van der Waals surface area contributed by atoms with Gasteiger partial charge in [0, 0.05) is 12.3 Å². The van der Waals surface area contributed by atoms with Crippen LogP contribution in [-0.4, -0.2) is 35.5 Å². The standard InChI is InChI=1S/C21H25N3O3S2/c1-2-24-20(17-29(25,26)19-13-7-4-8-14-19)22-23-21(24)28-16-10-9-15-27-18-11-5-3-6-12-18/h3-8,11-14H,2,9-10,15-17H2,1H3. The topological polar surface area (TPSA) is 74.1 Å². The molecule has 0 saturated heterocycles. The number of benzene rings is 2. The van der Waals surface area contributed by atoms with E-state index in [0.717, 1.165) is 29.5 Å². The van der Waals surface area contributed by atoms with E-state index < -0.39 is 9.84 Å². The van der Waals surface area contributed by atoms with Crippen molar-refractivity contribution in [2.75, 3.05) is 12.4 Å². The largest absolute Gasteiger partial charge is 0.494 e. The van der Waals surface area contributed by atoms with Crippen LogP contribution in [0.5, 0.6) is 5.75 Å². The Bertz CT molecular complexity index is 991. The van der Waals surface area contributed by atoms with Gasteiger partial charge in [-0.2, -0.15) is 0 Å². The van der Waals surface area contributed by atoms with Crippen molar-refractivity contribution in [3.63, 3.8) is 0 Å². The van der Waals surface area contributed by atoms with E-state index >= 15 is 0 Å². The van der Waals surface area contributed by atoms with E-state index in [1.54, 1.807) is 42.1 Å². The predicted molar refractivity (Wildman–Crippen MR) is 115 cm³/mol. The van der Waals surface area contributed by atoms with Gasteiger partial charge in [0.2, 0.25) is 0 Å². The van der Waals surface area contributed by atoms with Gasteiger partial charge in [0.25, 0.3) is 0 Å². The van der Waals surface area contributed by atoms with Crippen LogP contribution < -0.4 is 4.74 Å². The van der Waals surface area contributed by atoms with Gasteiger partial charge in [-0.25, -0.2) is 8.42 Å². The van der Waals surface area contributed by atoms with Crippen molar-refractivity contribution in [2.45, 2.75) is 42.1 Å². The molecule has 0 bridgehead atoms. The lowest BCUT2D eigenvalue weighted by atomic mass is 10.3. The Balaban J connectivity index is 1.50. The Hall–Kier alpha value is -2.32. The summed E-state index contributed by atoms with van der Waals surface area (Å²) in [5.74, 6) is 2.09. The lowest BCUT2D eigenvalue weighted by Gasteiger charge is -2.08. The molecule has 0 N–H and O–H groups in total. The second-order valence-electron chi connectivity index (χ2n) is 6.43. The van der Waals surface area contributed by atoms with Crippen molar-refractivity contribution in [3.05, 3.63) is 66.5 Å². The van der Waals surface area contributed by atoms with Gasteiger partial charge in [-0.15, -0.1) is 10.2 Å². The summed E-state index contributed by atoms with van der Waals surface area (Å²) in [7, 11) is -3.44. The van der Waals surface area contributed by atoms with Gasteiger partial charge < -0.3 is 9.30 Å². The average molecular weight is 432 g/mol. The lowest BCUT2D eigenvalue weighted by molar-refractivity contribution is 0.310. The zero-order chi connectivity index (χ0) is 20.5. The fourth-order valence-electron chi connectivity index (χ4n) is 2.81. The highest BCUT2D eigenvalue weighted by atomic mass is 32.2. The van der Waals surface area contributed by atoms with Crippen molar-refractivity contribution in [2.24, 2.45) is 0 Å². The predicted octanol–water partition coefficient (Wildman–Crippen LogP) is 4.22. The number of thioether (sulfide) groups is 1. The summed E-state index contributed by atoms with van der Waals surface area (Å²) in [5, 5.41) is 9.11. The summed E-state index contributed by atoms with van der Waals surface area (Å²) in [6, 6.07) is 18.2. The summed E-state index contributed by atoms with van der Waals surface area (Å²) in [4.78, 5) is 0.304. The van der Waals surface area contributed by atoms with E-state index in [-0.39, 0.29) is 5.75 Å². The molecule has 0 aliphatic rings. The lowest BCUT2D eigenvalue weighted by Crippen LogP contribution is -2.11. The number of ether oxygens (including phenoxy) is 1. The van der Waals surface area contributed by atoms with Gasteiger partial charge in [0.05, 0.1) is 11.5 Å². The minimum absolute atomic E-state index is 0.149. The Kier molecular flexibility index (Phi) is 7.71. The Morgan fingerprint density at radius 2 is 1.66 bits per heavy atom. The zero-order valence-electron chi connectivity index (χ0n) is 16.4. The van der Waals surface area contributed by atoms with Crippen molar-refractivity contribution in [1.29, 1.82) is 0 Å². The van der Waals surface area contributed by atoms with Crippen LogP contribution in [0.1, 0.15) is 25.6 Å². The third-order valence-corrected chi connectivity index (χ3v) is 6.99. The van der Waals surface area contributed by atoms with Crippen LogP contribution in [0.15, 0.2) is 70.7 Å². The van der Waals surface area contributed by atoms with E-state index in [4.69, 9.17) is 4.74 Å². The van der Waals surface area contributed by atoms with E-state index in [1.807, 2.05) is 41.8 Å². The van der Waals surface area contributed by atoms with Gasteiger partial charge in [-0.05, 0) is 44.0 Å². The van der Waals surface area contributed by atoms with Crippen LogP contribution >= 0.6 is 11.8 Å². The zero-order valence-corrected chi connectivity index (χ0v) is 18.0. The molecule has 0 radical (unpaired) electrons. The third-order valence-electron chi connectivity index (χ3n) is 4.31. The molecule has 1 aromatic heterocycles. The quantitative estimate of drug-likeness (QED) is 0.334. The molecule has 0 amide bonds. The fourth-order valence-corrected chi connectivity index (χ4v) is 5.12. The maximum absolute atomic E-state index is 12.6. The molecule has 0 unspecified atom stereocenters. The van der Waals surface area contributed by atoms with Gasteiger partial charge in [0.15, 0.2) is 15.0 Å². The average Bonchev–Trinajstić information content (AvgIpc) is 3.12. The number of hydrogen-bond donors (Lipinski definition) is 0. The maximum atomic E-state index is 12.6. The summed E-state index contributed by atoms with van der Waals surface area (Å²) < 4.78 is 32.8. The molecular weight excluding hydrogens is 406 g/mol. The van der Waals surface area contributed by atoms with Gasteiger partial charge in [-0.1, -0.05) is 48.2 Å². The molecule has 3 aromatic rings. The number of hydrogen-bond acceptors (Lipinski definition) is 6. The molecule has 0 aliphatic carbocycles. The van der Waals surface area contributed by atoms with Crippen LogP contribution in [0.4, 0.5) is 0 Å². The molecule has 0 spiro atoms. The Morgan fingerprint density at radius 1 is 0.966 bits per heavy atom. The first-order valence-electron chi connectivity index (χ1n) is 9.60. The number of unbranched alkanes of at least 4 members (excludes halogenated alkanes) is 1. The van der Waals surface area contributed by atoms with E-state index in [1.165, 1.54) is 0 Å². The molecule has 29 heavy (non-hydrogen) atoms. The van der Waals surface area contributed by atoms with Gasteiger partial charge in [-0.3, -0.25) is 0 Å². The highest BCUT2D eigenvalue weighted by molar-refractivity contribution is 7.99. The van der Waals surface area contributed by atoms with Crippen LogP contribution in [0, 0.1) is 0 Å². The summed E-state index contributed by atoms with van der Waals surface area (Å²) in [5.41, 5.74) is 0. The highest BCUT2D eigenvalue weighted by Gasteiger charge is 2.20. The fraction of sp³-hybridized carbons (Fsp3) is 0.333. The molecule has 0 aliphatic heterocycles. The number of rotatable bonds is 11.